The van der Waals surface area contributed by atoms with Gasteiger partial charge in [-0.3, -0.25) is 9.48 Å². The van der Waals surface area contributed by atoms with E-state index >= 15 is 0 Å². The monoisotopic (exact) mass is 461 g/mol. The number of nitrogens with zero attached hydrogens (tertiary/aromatic N) is 4. The summed E-state index contributed by atoms with van der Waals surface area (Å²) in [4.78, 5) is 12.4. The molecule has 33 heavy (non-hydrogen) atoms. The second-order valence-electron chi connectivity index (χ2n) is 8.40. The smallest absolute Gasteiger partial charge is 0.435 e. The largest absolute Gasteiger partial charge is 0.471 e. The van der Waals surface area contributed by atoms with E-state index in [2.05, 4.69) is 21.6 Å². The molecule has 10 heteroatoms. The number of rotatable bonds is 9. The minimum atomic E-state index is -4.45. The predicted molar refractivity (Wildman–Crippen MR) is 115 cm³/mol. The summed E-state index contributed by atoms with van der Waals surface area (Å²) in [5.41, 5.74) is 2.20. The first-order chi connectivity index (χ1) is 15.7. The van der Waals surface area contributed by atoms with Crippen LogP contribution in [0.5, 0.6) is 5.75 Å². The zero-order valence-corrected chi connectivity index (χ0v) is 18.5. The van der Waals surface area contributed by atoms with Gasteiger partial charge in [-0.2, -0.15) is 23.4 Å². The zero-order valence-electron chi connectivity index (χ0n) is 18.5. The number of aromatic nitrogens is 4. The van der Waals surface area contributed by atoms with Crippen LogP contribution in [0, 0.1) is 13.8 Å². The standard InChI is InChI=1S/C23H26F3N5O2/c1-15-10-16(2)12-18(11-15)33-14-30-9-6-19(28-30)22(32)27-7-3-8-31-20(17-4-5-17)13-21(29-31)23(24,25)26/h6,9-13,17H,3-5,7-8,14H2,1-2H3,(H,27,32). The third kappa shape index (κ3) is 5.94. The maximum Gasteiger partial charge on any atom is 0.435 e. The Morgan fingerprint density at radius 2 is 1.88 bits per heavy atom. The number of halogens is 3. The van der Waals surface area contributed by atoms with Crippen LogP contribution >= 0.6 is 0 Å². The highest BCUT2D eigenvalue weighted by atomic mass is 19.4. The van der Waals surface area contributed by atoms with Crippen LogP contribution < -0.4 is 10.1 Å². The molecule has 0 atom stereocenters. The van der Waals surface area contributed by atoms with Gasteiger partial charge in [-0.25, -0.2) is 4.68 Å². The maximum absolute atomic E-state index is 13.0. The molecule has 0 bridgehead atoms. The number of amides is 1. The van der Waals surface area contributed by atoms with Crippen molar-refractivity contribution in [3.8, 4) is 5.75 Å². The Bertz CT molecular complexity index is 1110. The third-order valence-corrected chi connectivity index (χ3v) is 5.36. The molecule has 2 heterocycles. The van der Waals surface area contributed by atoms with Crippen molar-refractivity contribution in [1.29, 1.82) is 0 Å². The molecule has 0 saturated heterocycles. The lowest BCUT2D eigenvalue weighted by Gasteiger charge is -2.08. The van der Waals surface area contributed by atoms with E-state index in [4.69, 9.17) is 4.74 Å². The molecule has 7 nitrogen and oxygen atoms in total. The average molecular weight is 461 g/mol. The minimum Gasteiger partial charge on any atom is -0.471 e. The molecule has 3 aromatic rings. The maximum atomic E-state index is 13.0. The summed E-state index contributed by atoms with van der Waals surface area (Å²) in [5, 5.41) is 10.7. The summed E-state index contributed by atoms with van der Waals surface area (Å²) in [5.74, 6) is 0.531. The van der Waals surface area contributed by atoms with Crippen molar-refractivity contribution in [3.05, 3.63) is 64.7 Å². The van der Waals surface area contributed by atoms with Gasteiger partial charge < -0.3 is 10.1 Å². The fourth-order valence-corrected chi connectivity index (χ4v) is 3.69. The Balaban J connectivity index is 1.25. The van der Waals surface area contributed by atoms with Crippen LogP contribution in [0.2, 0.25) is 0 Å². The number of nitrogens with one attached hydrogen (secondary N) is 1. The van der Waals surface area contributed by atoms with Crippen LogP contribution in [0.3, 0.4) is 0 Å². The van der Waals surface area contributed by atoms with Crippen molar-refractivity contribution in [2.24, 2.45) is 0 Å². The second-order valence-corrected chi connectivity index (χ2v) is 8.40. The molecule has 0 aliphatic heterocycles. The lowest BCUT2D eigenvalue weighted by molar-refractivity contribution is -0.141. The highest BCUT2D eigenvalue weighted by Gasteiger charge is 2.37. The molecule has 1 fully saturated rings. The molecule has 1 N–H and O–H groups in total. The molecule has 4 rings (SSSR count). The summed E-state index contributed by atoms with van der Waals surface area (Å²) in [6.45, 7) is 4.76. The molecular formula is C23H26F3N5O2. The fourth-order valence-electron chi connectivity index (χ4n) is 3.69. The van der Waals surface area contributed by atoms with Crippen molar-refractivity contribution in [2.75, 3.05) is 6.54 Å². The molecular weight excluding hydrogens is 435 g/mol. The number of carbonyl (C=O) groups is 1. The Morgan fingerprint density at radius 3 is 2.55 bits per heavy atom. The van der Waals surface area contributed by atoms with E-state index in [0.717, 1.165) is 35.8 Å². The normalized spacial score (nSPS) is 13.8. The molecule has 1 aliphatic rings. The molecule has 1 aromatic carbocycles. The van der Waals surface area contributed by atoms with Gasteiger partial charge in [-0.15, -0.1) is 0 Å². The lowest BCUT2D eigenvalue weighted by Crippen LogP contribution is -2.26. The van der Waals surface area contributed by atoms with Gasteiger partial charge in [0.15, 0.2) is 12.4 Å². The van der Waals surface area contributed by atoms with E-state index < -0.39 is 11.9 Å². The van der Waals surface area contributed by atoms with Gasteiger partial charge in [-0.05, 0) is 68.5 Å². The third-order valence-electron chi connectivity index (χ3n) is 5.36. The van der Waals surface area contributed by atoms with Gasteiger partial charge in [0.25, 0.3) is 5.91 Å². The average Bonchev–Trinajstić information content (AvgIpc) is 3.30. The predicted octanol–water partition coefficient (Wildman–Crippen LogP) is 4.45. The lowest BCUT2D eigenvalue weighted by atomic mass is 10.1. The SMILES string of the molecule is Cc1cc(C)cc(OCn2ccc(C(=O)NCCCn3nc(C(F)(F)F)cc3C3CC3)n2)c1. The zero-order chi connectivity index (χ0) is 23.6. The molecule has 2 aromatic heterocycles. The summed E-state index contributed by atoms with van der Waals surface area (Å²) in [6.07, 6.45) is -0.572. The molecule has 1 amide bonds. The van der Waals surface area contributed by atoms with Gasteiger partial charge in [0.2, 0.25) is 0 Å². The van der Waals surface area contributed by atoms with Crippen LogP contribution in [0.1, 0.15) is 58.2 Å². The van der Waals surface area contributed by atoms with Crippen LogP contribution in [0.15, 0.2) is 36.5 Å². The van der Waals surface area contributed by atoms with Crippen molar-refractivity contribution in [1.82, 2.24) is 24.9 Å². The summed E-state index contributed by atoms with van der Waals surface area (Å²) in [7, 11) is 0. The van der Waals surface area contributed by atoms with Crippen LogP contribution in [-0.2, 0) is 19.5 Å². The second kappa shape index (κ2) is 9.29. The first-order valence-electron chi connectivity index (χ1n) is 10.9. The number of ether oxygens (including phenoxy) is 1. The van der Waals surface area contributed by atoms with Crippen molar-refractivity contribution < 1.29 is 22.7 Å². The van der Waals surface area contributed by atoms with Gasteiger partial charge in [-0.1, -0.05) is 6.07 Å². The van der Waals surface area contributed by atoms with Crippen molar-refractivity contribution in [3.63, 3.8) is 0 Å². The van der Waals surface area contributed by atoms with E-state index in [1.165, 1.54) is 9.36 Å². The van der Waals surface area contributed by atoms with E-state index in [-0.39, 0.29) is 24.2 Å². The van der Waals surface area contributed by atoms with E-state index in [1.807, 2.05) is 26.0 Å². The van der Waals surface area contributed by atoms with Crippen LogP contribution in [-0.4, -0.2) is 32.0 Å². The fraction of sp³-hybridized carbons (Fsp3) is 0.435. The Morgan fingerprint density at radius 1 is 1.15 bits per heavy atom. The van der Waals surface area contributed by atoms with Crippen LogP contribution in [0.25, 0.3) is 0 Å². The first kappa shape index (κ1) is 22.9. The number of carbonyl (C=O) groups excluding carboxylic acids is 1. The van der Waals surface area contributed by atoms with Gasteiger partial charge in [0.1, 0.15) is 11.4 Å². The number of hydrogen-bond acceptors (Lipinski definition) is 4. The molecule has 0 unspecified atom stereocenters. The molecule has 176 valence electrons. The van der Waals surface area contributed by atoms with Crippen LogP contribution in [0.4, 0.5) is 13.2 Å². The first-order valence-corrected chi connectivity index (χ1v) is 10.9. The van der Waals surface area contributed by atoms with Gasteiger partial charge >= 0.3 is 6.18 Å². The van der Waals surface area contributed by atoms with Gasteiger partial charge in [0, 0.05) is 30.9 Å². The minimum absolute atomic E-state index is 0.151. The highest BCUT2D eigenvalue weighted by molar-refractivity contribution is 5.92. The number of benzene rings is 1. The molecule has 1 saturated carbocycles. The van der Waals surface area contributed by atoms with E-state index in [1.54, 1.807) is 12.3 Å². The van der Waals surface area contributed by atoms with E-state index in [9.17, 15) is 18.0 Å². The van der Waals surface area contributed by atoms with Crippen molar-refractivity contribution in [2.45, 2.75) is 58.5 Å². The summed E-state index contributed by atoms with van der Waals surface area (Å²) in [6, 6.07) is 8.64. The van der Waals surface area contributed by atoms with Crippen molar-refractivity contribution >= 4 is 5.91 Å². The summed E-state index contributed by atoms with van der Waals surface area (Å²) < 4.78 is 47.6. The molecule has 1 aliphatic carbocycles. The quantitative estimate of drug-likeness (QED) is 0.478. The Kier molecular flexibility index (Phi) is 6.44. The number of hydrogen-bond donors (Lipinski definition) is 1. The van der Waals surface area contributed by atoms with Gasteiger partial charge in [0.05, 0.1) is 0 Å². The van der Waals surface area contributed by atoms with E-state index in [0.29, 0.717) is 25.2 Å². The number of aryl methyl sites for hydroxylation is 3. The Hall–Kier alpha value is -3.30. The highest BCUT2D eigenvalue weighted by Crippen LogP contribution is 2.42. The number of alkyl halides is 3. The Labute approximate surface area is 189 Å². The summed E-state index contributed by atoms with van der Waals surface area (Å²) >= 11 is 0. The topological polar surface area (TPSA) is 74.0 Å². The molecule has 0 spiro atoms. The molecule has 0 radical (unpaired) electrons.